The summed E-state index contributed by atoms with van der Waals surface area (Å²) in [4.78, 5) is 12.9. The van der Waals surface area contributed by atoms with Crippen LogP contribution in [0.3, 0.4) is 0 Å². The molecule has 1 aromatic carbocycles. The van der Waals surface area contributed by atoms with Crippen molar-refractivity contribution in [3.05, 3.63) is 28.3 Å². The van der Waals surface area contributed by atoms with E-state index >= 15 is 0 Å². The maximum absolute atomic E-state index is 11.0. The first-order chi connectivity index (χ1) is 9.51. The topological polar surface area (TPSA) is 67.6 Å². The van der Waals surface area contributed by atoms with Crippen molar-refractivity contribution in [1.29, 1.82) is 0 Å². The number of rotatable bonds is 4. The van der Waals surface area contributed by atoms with Crippen LogP contribution < -0.4 is 10.1 Å². The van der Waals surface area contributed by atoms with Crippen LogP contribution in [0.4, 0.5) is 11.4 Å². The molecule has 1 aromatic rings. The lowest BCUT2D eigenvalue weighted by atomic mass is 9.98. The second kappa shape index (κ2) is 6.09. The highest BCUT2D eigenvalue weighted by molar-refractivity contribution is 5.58. The van der Waals surface area contributed by atoms with Crippen molar-refractivity contribution in [2.45, 2.75) is 31.8 Å². The van der Waals surface area contributed by atoms with E-state index in [1.807, 2.05) is 6.07 Å². The molecule has 2 rings (SSSR count). The molecule has 110 valence electrons. The molecule has 0 radical (unpaired) electrons. The quantitative estimate of drug-likeness (QED) is 0.677. The van der Waals surface area contributed by atoms with Crippen LogP contribution in [0, 0.1) is 10.1 Å². The number of ether oxygens (including phenoxy) is 1. The molecule has 6 nitrogen and oxygen atoms in total. The summed E-state index contributed by atoms with van der Waals surface area (Å²) >= 11 is 0. The van der Waals surface area contributed by atoms with Gasteiger partial charge in [0, 0.05) is 30.4 Å². The molecule has 1 aliphatic heterocycles. The summed E-state index contributed by atoms with van der Waals surface area (Å²) in [7, 11) is 3.56. The first kappa shape index (κ1) is 14.6. The van der Waals surface area contributed by atoms with Gasteiger partial charge in [-0.15, -0.1) is 0 Å². The molecule has 2 unspecified atom stereocenters. The van der Waals surface area contributed by atoms with Gasteiger partial charge in [0.15, 0.2) is 5.75 Å². The van der Waals surface area contributed by atoms with Crippen molar-refractivity contribution in [3.8, 4) is 5.75 Å². The van der Waals surface area contributed by atoms with Crippen LogP contribution in [0.5, 0.6) is 5.75 Å². The van der Waals surface area contributed by atoms with Crippen LogP contribution in [0.2, 0.25) is 0 Å². The third-order valence-corrected chi connectivity index (χ3v) is 3.95. The largest absolute Gasteiger partial charge is 0.490 e. The van der Waals surface area contributed by atoms with Crippen LogP contribution in [-0.4, -0.2) is 42.6 Å². The number of anilines is 1. The first-order valence-electron chi connectivity index (χ1n) is 6.80. The minimum atomic E-state index is -0.415. The lowest BCUT2D eigenvalue weighted by molar-refractivity contribution is -0.385. The number of hydrogen-bond donors (Lipinski definition) is 1. The lowest BCUT2D eigenvalue weighted by Gasteiger charge is -2.35. The van der Waals surface area contributed by atoms with E-state index in [1.54, 1.807) is 12.1 Å². The number of nitrogens with one attached hydrogen (secondary N) is 1. The summed E-state index contributed by atoms with van der Waals surface area (Å²) in [6.07, 6.45) is 2.08. The van der Waals surface area contributed by atoms with Crippen molar-refractivity contribution in [1.82, 2.24) is 4.90 Å². The standard InChI is InChI=1S/C14H21N3O3/c1-10-8-12(6-7-16(10)2)15-11-4-5-14(20-3)13(9-11)17(18)19/h4-5,9-10,12,15H,6-8H2,1-3H3. The monoisotopic (exact) mass is 279 g/mol. The summed E-state index contributed by atoms with van der Waals surface area (Å²) in [5.74, 6) is 0.289. The number of methoxy groups -OCH3 is 1. The van der Waals surface area contributed by atoms with Crippen molar-refractivity contribution >= 4 is 11.4 Å². The maximum atomic E-state index is 11.0. The number of nitrogens with zero attached hydrogens (tertiary/aromatic N) is 2. The Labute approximate surface area is 118 Å². The molecule has 1 fully saturated rings. The number of benzene rings is 1. The van der Waals surface area contributed by atoms with Crippen molar-refractivity contribution in [2.24, 2.45) is 0 Å². The van der Waals surface area contributed by atoms with Gasteiger partial charge in [-0.25, -0.2) is 0 Å². The second-order valence-electron chi connectivity index (χ2n) is 5.34. The van der Waals surface area contributed by atoms with E-state index in [4.69, 9.17) is 4.74 Å². The fourth-order valence-electron chi connectivity index (χ4n) is 2.58. The highest BCUT2D eigenvalue weighted by Crippen LogP contribution is 2.30. The predicted octanol–water partition coefficient (Wildman–Crippen LogP) is 2.50. The number of hydrogen-bond acceptors (Lipinski definition) is 5. The fraction of sp³-hybridized carbons (Fsp3) is 0.571. The molecular weight excluding hydrogens is 258 g/mol. The van der Waals surface area contributed by atoms with Gasteiger partial charge in [-0.2, -0.15) is 0 Å². The Morgan fingerprint density at radius 2 is 2.25 bits per heavy atom. The van der Waals surface area contributed by atoms with Gasteiger partial charge < -0.3 is 15.0 Å². The minimum Gasteiger partial charge on any atom is -0.490 e. The van der Waals surface area contributed by atoms with E-state index in [0.717, 1.165) is 25.1 Å². The van der Waals surface area contributed by atoms with Crippen LogP contribution in [0.25, 0.3) is 0 Å². The summed E-state index contributed by atoms with van der Waals surface area (Å²) in [6, 6.07) is 5.89. The molecule has 0 aliphatic carbocycles. The zero-order chi connectivity index (χ0) is 14.7. The van der Waals surface area contributed by atoms with Crippen molar-refractivity contribution in [2.75, 3.05) is 26.0 Å². The molecule has 1 N–H and O–H groups in total. The molecule has 0 aromatic heterocycles. The molecule has 6 heteroatoms. The van der Waals surface area contributed by atoms with E-state index in [2.05, 4.69) is 24.2 Å². The smallest absolute Gasteiger partial charge is 0.312 e. The zero-order valence-electron chi connectivity index (χ0n) is 12.1. The van der Waals surface area contributed by atoms with Crippen LogP contribution in [-0.2, 0) is 0 Å². The summed E-state index contributed by atoms with van der Waals surface area (Å²) in [5, 5.41) is 14.4. The molecule has 0 spiro atoms. The van der Waals surface area contributed by atoms with E-state index in [1.165, 1.54) is 7.11 Å². The van der Waals surface area contributed by atoms with E-state index in [0.29, 0.717) is 12.1 Å². The van der Waals surface area contributed by atoms with Crippen molar-refractivity contribution < 1.29 is 9.66 Å². The first-order valence-corrected chi connectivity index (χ1v) is 6.80. The summed E-state index contributed by atoms with van der Waals surface area (Å²) in [6.45, 7) is 3.24. The Bertz CT molecular complexity index is 493. The molecule has 2 atom stereocenters. The minimum absolute atomic E-state index is 0.00141. The average Bonchev–Trinajstić information content (AvgIpc) is 2.43. The third-order valence-electron chi connectivity index (χ3n) is 3.95. The zero-order valence-corrected chi connectivity index (χ0v) is 12.1. The number of likely N-dealkylation sites (tertiary alicyclic amines) is 1. The van der Waals surface area contributed by atoms with Crippen LogP contribution in [0.1, 0.15) is 19.8 Å². The van der Waals surface area contributed by atoms with Gasteiger partial charge >= 0.3 is 5.69 Å². The molecule has 1 heterocycles. The normalized spacial score (nSPS) is 23.4. The molecule has 1 aliphatic rings. The Balaban J connectivity index is 2.10. The SMILES string of the molecule is COc1ccc(NC2CCN(C)C(C)C2)cc1[N+](=O)[O-]. The summed E-state index contributed by atoms with van der Waals surface area (Å²) < 4.78 is 5.01. The number of nitro groups is 1. The Hall–Kier alpha value is -1.82. The Kier molecular flexibility index (Phi) is 4.44. The molecule has 20 heavy (non-hydrogen) atoms. The van der Waals surface area contributed by atoms with Crippen molar-refractivity contribution in [3.63, 3.8) is 0 Å². The van der Waals surface area contributed by atoms with Gasteiger partial charge in [-0.1, -0.05) is 0 Å². The van der Waals surface area contributed by atoms with Gasteiger partial charge in [0.1, 0.15) is 0 Å². The van der Waals surface area contributed by atoms with Crippen LogP contribution in [0.15, 0.2) is 18.2 Å². The molecular formula is C14H21N3O3. The van der Waals surface area contributed by atoms with E-state index in [9.17, 15) is 10.1 Å². The highest BCUT2D eigenvalue weighted by atomic mass is 16.6. The molecule has 0 saturated carbocycles. The highest BCUT2D eigenvalue weighted by Gasteiger charge is 2.23. The predicted molar refractivity (Wildman–Crippen MR) is 78.4 cm³/mol. The Morgan fingerprint density at radius 1 is 1.50 bits per heavy atom. The van der Waals surface area contributed by atoms with E-state index < -0.39 is 4.92 Å². The van der Waals surface area contributed by atoms with Gasteiger partial charge in [0.25, 0.3) is 0 Å². The number of piperidine rings is 1. The molecule has 0 amide bonds. The third kappa shape index (κ3) is 3.19. The fourth-order valence-corrected chi connectivity index (χ4v) is 2.58. The van der Waals surface area contributed by atoms with Gasteiger partial charge in [0.2, 0.25) is 0 Å². The lowest BCUT2D eigenvalue weighted by Crippen LogP contribution is -2.42. The number of nitro benzene ring substituents is 1. The molecule has 0 bridgehead atoms. The molecule has 1 saturated heterocycles. The van der Waals surface area contributed by atoms with E-state index in [-0.39, 0.29) is 11.4 Å². The maximum Gasteiger partial charge on any atom is 0.312 e. The average molecular weight is 279 g/mol. The van der Waals surface area contributed by atoms with Gasteiger partial charge in [0.05, 0.1) is 12.0 Å². The second-order valence-corrected chi connectivity index (χ2v) is 5.34. The van der Waals surface area contributed by atoms with Gasteiger partial charge in [-0.05, 0) is 38.9 Å². The van der Waals surface area contributed by atoms with Crippen LogP contribution >= 0.6 is 0 Å². The summed E-state index contributed by atoms with van der Waals surface area (Å²) in [5.41, 5.74) is 0.776. The Morgan fingerprint density at radius 3 is 2.85 bits per heavy atom. The van der Waals surface area contributed by atoms with Gasteiger partial charge in [-0.3, -0.25) is 10.1 Å².